The number of hydrogen-bond acceptors (Lipinski definition) is 5. The number of fused-ring (bicyclic) bond motifs is 1. The van der Waals surface area contributed by atoms with Gasteiger partial charge in [0.15, 0.2) is 0 Å². The molecular formula is C21H24Cl2N4O3. The fraction of sp³-hybridized carbons (Fsp3) is 0.333. The average Bonchev–Trinajstić information content (AvgIpc) is 2.95. The Hall–Kier alpha value is -2.48. The van der Waals surface area contributed by atoms with Crippen LogP contribution >= 0.6 is 24.8 Å². The van der Waals surface area contributed by atoms with Crippen LogP contribution in [-0.2, 0) is 6.54 Å². The quantitative estimate of drug-likeness (QED) is 0.698. The first-order valence-electron chi connectivity index (χ1n) is 9.48. The monoisotopic (exact) mass is 450 g/mol. The second-order valence-electron chi connectivity index (χ2n) is 7.28. The Balaban J connectivity index is 0.00000160. The van der Waals surface area contributed by atoms with E-state index in [0.717, 1.165) is 24.9 Å². The number of aromatic nitrogens is 1. The summed E-state index contributed by atoms with van der Waals surface area (Å²) >= 11 is 0. The second kappa shape index (κ2) is 10.0. The van der Waals surface area contributed by atoms with Gasteiger partial charge >= 0.3 is 0 Å². The normalized spacial score (nSPS) is 20.1. The number of hydrogen-bond donors (Lipinski definition) is 2. The van der Waals surface area contributed by atoms with E-state index >= 15 is 0 Å². The van der Waals surface area contributed by atoms with Crippen LogP contribution in [0.1, 0.15) is 56.4 Å². The standard InChI is InChI=1S/C21H22N4O3.2ClH/c1-13-18(3-2-8-23-13)24-19(26)15-4-5-16-17(11-15)21(28)25(20(16)27)12-14-6-9-22-10-7-14;;/h4-7,9-11,13,18,23H,2-3,8,12H2,1H3,(H,24,26);2*1H. The molecule has 1 aromatic heterocycles. The van der Waals surface area contributed by atoms with Gasteiger partial charge in [-0.2, -0.15) is 0 Å². The third kappa shape index (κ3) is 4.64. The molecule has 30 heavy (non-hydrogen) atoms. The van der Waals surface area contributed by atoms with Crippen LogP contribution in [0, 0.1) is 0 Å². The second-order valence-corrected chi connectivity index (χ2v) is 7.28. The summed E-state index contributed by atoms with van der Waals surface area (Å²) in [5.74, 6) is -0.941. The van der Waals surface area contributed by atoms with E-state index in [-0.39, 0.29) is 66.7 Å². The van der Waals surface area contributed by atoms with Gasteiger partial charge < -0.3 is 10.6 Å². The minimum absolute atomic E-state index is 0. The van der Waals surface area contributed by atoms with Gasteiger partial charge in [-0.15, -0.1) is 24.8 Å². The summed E-state index contributed by atoms with van der Waals surface area (Å²) in [6.07, 6.45) is 5.17. The first-order valence-corrected chi connectivity index (χ1v) is 9.48. The van der Waals surface area contributed by atoms with Crippen LogP contribution in [0.3, 0.4) is 0 Å². The lowest BCUT2D eigenvalue weighted by molar-refractivity contribution is 0.0642. The minimum Gasteiger partial charge on any atom is -0.348 e. The van der Waals surface area contributed by atoms with E-state index in [2.05, 4.69) is 15.6 Å². The van der Waals surface area contributed by atoms with Crippen molar-refractivity contribution in [2.45, 2.75) is 38.4 Å². The molecule has 1 aromatic carbocycles. The van der Waals surface area contributed by atoms with E-state index < -0.39 is 0 Å². The van der Waals surface area contributed by atoms with Gasteiger partial charge in [0.05, 0.1) is 17.7 Å². The minimum atomic E-state index is -0.376. The van der Waals surface area contributed by atoms with Crippen molar-refractivity contribution in [3.05, 3.63) is 65.0 Å². The molecule has 0 saturated carbocycles. The molecule has 0 bridgehead atoms. The number of piperidine rings is 1. The Morgan fingerprint density at radius 3 is 2.53 bits per heavy atom. The first-order chi connectivity index (χ1) is 13.5. The number of nitrogens with zero attached hydrogens (tertiary/aromatic N) is 2. The molecular weight excluding hydrogens is 427 g/mol. The van der Waals surface area contributed by atoms with Crippen LogP contribution in [0.4, 0.5) is 0 Å². The average molecular weight is 451 g/mol. The molecule has 4 rings (SSSR count). The highest BCUT2D eigenvalue weighted by atomic mass is 35.5. The molecule has 2 aliphatic rings. The van der Waals surface area contributed by atoms with E-state index in [1.807, 2.05) is 6.92 Å². The van der Waals surface area contributed by atoms with E-state index in [1.54, 1.807) is 36.7 Å². The molecule has 0 aliphatic carbocycles. The fourth-order valence-corrected chi connectivity index (χ4v) is 3.74. The molecule has 0 spiro atoms. The fourth-order valence-electron chi connectivity index (χ4n) is 3.74. The zero-order valence-corrected chi connectivity index (χ0v) is 18.1. The summed E-state index contributed by atoms with van der Waals surface area (Å²) in [6.45, 7) is 3.18. The molecule has 2 N–H and O–H groups in total. The summed E-state index contributed by atoms with van der Waals surface area (Å²) in [5, 5.41) is 6.38. The summed E-state index contributed by atoms with van der Waals surface area (Å²) in [6, 6.07) is 8.49. The lowest BCUT2D eigenvalue weighted by Crippen LogP contribution is -2.51. The van der Waals surface area contributed by atoms with Crippen LogP contribution < -0.4 is 10.6 Å². The number of amides is 3. The lowest BCUT2D eigenvalue weighted by atomic mass is 9.99. The third-order valence-electron chi connectivity index (χ3n) is 5.40. The molecule has 3 heterocycles. The van der Waals surface area contributed by atoms with Gasteiger partial charge in [0, 0.05) is 30.0 Å². The molecule has 9 heteroatoms. The Bertz CT molecular complexity index is 939. The zero-order chi connectivity index (χ0) is 19.7. The Morgan fingerprint density at radius 1 is 1.13 bits per heavy atom. The molecule has 7 nitrogen and oxygen atoms in total. The molecule has 2 aromatic rings. The van der Waals surface area contributed by atoms with Crippen molar-refractivity contribution in [1.82, 2.24) is 20.5 Å². The lowest BCUT2D eigenvalue weighted by Gasteiger charge is -2.30. The highest BCUT2D eigenvalue weighted by Crippen LogP contribution is 2.25. The van der Waals surface area contributed by atoms with Crippen LogP contribution in [0.15, 0.2) is 42.7 Å². The van der Waals surface area contributed by atoms with Gasteiger partial charge in [0.2, 0.25) is 0 Å². The number of benzene rings is 1. The third-order valence-corrected chi connectivity index (χ3v) is 5.40. The maximum absolute atomic E-state index is 12.8. The predicted octanol–water partition coefficient (Wildman–Crippen LogP) is 2.59. The highest BCUT2D eigenvalue weighted by Gasteiger charge is 2.36. The number of nitrogens with one attached hydrogen (secondary N) is 2. The smallest absolute Gasteiger partial charge is 0.261 e. The van der Waals surface area contributed by atoms with E-state index in [1.165, 1.54) is 11.0 Å². The van der Waals surface area contributed by atoms with Crippen molar-refractivity contribution in [2.24, 2.45) is 0 Å². The van der Waals surface area contributed by atoms with Crippen molar-refractivity contribution in [1.29, 1.82) is 0 Å². The van der Waals surface area contributed by atoms with Crippen LogP contribution in [-0.4, -0.2) is 46.2 Å². The number of carbonyl (C=O) groups excluding carboxylic acids is 3. The van der Waals surface area contributed by atoms with Crippen molar-refractivity contribution in [3.63, 3.8) is 0 Å². The van der Waals surface area contributed by atoms with Crippen LogP contribution in [0.25, 0.3) is 0 Å². The molecule has 2 unspecified atom stereocenters. The van der Waals surface area contributed by atoms with Crippen molar-refractivity contribution in [3.8, 4) is 0 Å². The molecule has 3 amide bonds. The summed E-state index contributed by atoms with van der Waals surface area (Å²) < 4.78 is 0. The Labute approximate surface area is 187 Å². The molecule has 1 fully saturated rings. The molecule has 2 atom stereocenters. The van der Waals surface area contributed by atoms with Crippen LogP contribution in [0.5, 0.6) is 0 Å². The predicted molar refractivity (Wildman–Crippen MR) is 117 cm³/mol. The Kier molecular flexibility index (Phi) is 7.95. The highest BCUT2D eigenvalue weighted by molar-refractivity contribution is 6.22. The SMILES string of the molecule is CC1NCCCC1NC(=O)c1ccc2c(c1)C(=O)N(Cc1ccncc1)C2=O.Cl.Cl. The number of imide groups is 1. The van der Waals surface area contributed by atoms with Crippen molar-refractivity contribution in [2.75, 3.05) is 6.54 Å². The number of rotatable bonds is 4. The summed E-state index contributed by atoms with van der Waals surface area (Å²) in [7, 11) is 0. The van der Waals surface area contributed by atoms with E-state index in [4.69, 9.17) is 0 Å². The molecule has 0 radical (unpaired) electrons. The largest absolute Gasteiger partial charge is 0.348 e. The van der Waals surface area contributed by atoms with Gasteiger partial charge in [0.25, 0.3) is 17.7 Å². The molecule has 160 valence electrons. The molecule has 2 aliphatic heterocycles. The van der Waals surface area contributed by atoms with Crippen molar-refractivity contribution < 1.29 is 14.4 Å². The van der Waals surface area contributed by atoms with Gasteiger partial charge in [-0.1, -0.05) is 0 Å². The van der Waals surface area contributed by atoms with Crippen molar-refractivity contribution >= 4 is 42.5 Å². The van der Waals surface area contributed by atoms with Gasteiger partial charge in [0.1, 0.15) is 0 Å². The van der Waals surface area contributed by atoms with E-state index in [0.29, 0.717) is 11.1 Å². The number of carbonyl (C=O) groups is 3. The summed E-state index contributed by atoms with van der Waals surface area (Å²) in [4.78, 5) is 43.2. The number of halogens is 2. The summed E-state index contributed by atoms with van der Waals surface area (Å²) in [5.41, 5.74) is 1.83. The topological polar surface area (TPSA) is 91.4 Å². The van der Waals surface area contributed by atoms with Crippen LogP contribution in [0.2, 0.25) is 0 Å². The Morgan fingerprint density at radius 2 is 1.83 bits per heavy atom. The van der Waals surface area contributed by atoms with Gasteiger partial charge in [-0.3, -0.25) is 24.3 Å². The first kappa shape index (κ1) is 23.8. The maximum Gasteiger partial charge on any atom is 0.261 e. The zero-order valence-electron chi connectivity index (χ0n) is 16.5. The van der Waals surface area contributed by atoms with E-state index in [9.17, 15) is 14.4 Å². The molecule has 1 saturated heterocycles. The maximum atomic E-state index is 12.8. The van der Waals surface area contributed by atoms with Gasteiger partial charge in [-0.05, 0) is 62.2 Å². The van der Waals surface area contributed by atoms with Gasteiger partial charge in [-0.25, -0.2) is 0 Å². The number of pyridine rings is 1.